The number of hydrogen-bond acceptors (Lipinski definition) is 3. The van der Waals surface area contributed by atoms with Crippen molar-refractivity contribution in [2.75, 3.05) is 0 Å². The number of halogens is 1. The zero-order chi connectivity index (χ0) is 18.2. The number of nitrogens with one attached hydrogen (secondary N) is 1. The molecule has 0 saturated heterocycles. The monoisotopic (exact) mass is 398 g/mol. The molecule has 128 valence electrons. The van der Waals surface area contributed by atoms with E-state index in [2.05, 4.69) is 21.2 Å². The number of carbonyl (C=O) groups is 1. The molecular weight excluding hydrogens is 380 g/mol. The van der Waals surface area contributed by atoms with Gasteiger partial charge in [-0.3, -0.25) is 4.79 Å². The second kappa shape index (κ2) is 9.05. The lowest BCUT2D eigenvalue weighted by Crippen LogP contribution is -2.30. The van der Waals surface area contributed by atoms with Crippen molar-refractivity contribution in [1.29, 1.82) is 5.26 Å². The highest BCUT2D eigenvalue weighted by atomic mass is 79.9. The van der Waals surface area contributed by atoms with Gasteiger partial charge in [-0.05, 0) is 55.3 Å². The van der Waals surface area contributed by atoms with Gasteiger partial charge < -0.3 is 10.1 Å². The minimum atomic E-state index is -0.368. The van der Waals surface area contributed by atoms with Crippen molar-refractivity contribution in [2.24, 2.45) is 0 Å². The Morgan fingerprint density at radius 1 is 1.20 bits per heavy atom. The van der Waals surface area contributed by atoms with Gasteiger partial charge in [-0.15, -0.1) is 0 Å². The first-order valence-corrected chi connectivity index (χ1v) is 8.67. The fraction of sp³-hybridized carbons (Fsp3) is 0.200. The van der Waals surface area contributed by atoms with Gasteiger partial charge in [-0.2, -0.15) is 5.26 Å². The molecule has 0 aliphatic rings. The molecule has 1 amide bonds. The summed E-state index contributed by atoms with van der Waals surface area (Å²) in [6.07, 6.45) is 1.57. The molecule has 2 aromatic carbocycles. The summed E-state index contributed by atoms with van der Waals surface area (Å²) >= 11 is 3.40. The summed E-state index contributed by atoms with van der Waals surface area (Å²) in [6, 6.07) is 17.1. The highest BCUT2D eigenvalue weighted by Gasteiger charge is 2.09. The smallest absolute Gasteiger partial charge is 0.262 e. The van der Waals surface area contributed by atoms with Crippen molar-refractivity contribution in [1.82, 2.24) is 5.32 Å². The van der Waals surface area contributed by atoms with E-state index in [1.54, 1.807) is 6.08 Å². The summed E-state index contributed by atoms with van der Waals surface area (Å²) in [5.41, 5.74) is 1.92. The molecule has 0 aliphatic heterocycles. The molecule has 2 aromatic rings. The molecule has 0 heterocycles. The molecule has 25 heavy (non-hydrogen) atoms. The maximum Gasteiger partial charge on any atom is 0.262 e. The molecule has 0 unspecified atom stereocenters. The molecule has 0 fully saturated rings. The van der Waals surface area contributed by atoms with E-state index < -0.39 is 0 Å². The van der Waals surface area contributed by atoms with Gasteiger partial charge in [0, 0.05) is 10.5 Å². The molecule has 2 rings (SSSR count). The van der Waals surface area contributed by atoms with E-state index >= 15 is 0 Å². The van der Waals surface area contributed by atoms with Gasteiger partial charge in [0.25, 0.3) is 5.91 Å². The van der Waals surface area contributed by atoms with E-state index in [1.165, 1.54) is 0 Å². The van der Waals surface area contributed by atoms with Crippen LogP contribution in [0.3, 0.4) is 0 Å². The Balaban J connectivity index is 2.01. The Morgan fingerprint density at radius 3 is 2.40 bits per heavy atom. The van der Waals surface area contributed by atoms with Gasteiger partial charge in [0.2, 0.25) is 0 Å². The number of carbonyl (C=O) groups excluding carboxylic acids is 1. The molecule has 0 radical (unpaired) electrons. The van der Waals surface area contributed by atoms with Crippen LogP contribution < -0.4 is 10.1 Å². The molecule has 0 atom stereocenters. The van der Waals surface area contributed by atoms with Crippen LogP contribution in [0, 0.1) is 11.3 Å². The predicted octanol–water partition coefficient (Wildman–Crippen LogP) is 4.46. The number of benzene rings is 2. The number of ether oxygens (including phenoxy) is 1. The summed E-state index contributed by atoms with van der Waals surface area (Å²) in [4.78, 5) is 11.9. The van der Waals surface area contributed by atoms with Crippen LogP contribution in [0.25, 0.3) is 6.08 Å². The summed E-state index contributed by atoms with van der Waals surface area (Å²) in [5.74, 6) is 0.360. The topological polar surface area (TPSA) is 62.1 Å². The van der Waals surface area contributed by atoms with Crippen LogP contribution in [-0.2, 0) is 11.4 Å². The Labute approximate surface area is 156 Å². The summed E-state index contributed by atoms with van der Waals surface area (Å²) < 4.78 is 6.77. The molecule has 0 aromatic heterocycles. The Morgan fingerprint density at radius 2 is 1.84 bits per heavy atom. The van der Waals surface area contributed by atoms with Crippen LogP contribution in [0.1, 0.15) is 25.0 Å². The number of nitriles is 1. The SMILES string of the molecule is CC(C)NC(=O)/C(C#N)=C\c1ccc(OCc2ccc(Br)cc2)cc1. The van der Waals surface area contributed by atoms with Crippen molar-refractivity contribution in [3.05, 3.63) is 69.7 Å². The minimum Gasteiger partial charge on any atom is -0.489 e. The molecule has 0 bridgehead atoms. The van der Waals surface area contributed by atoms with Crippen LogP contribution in [0.2, 0.25) is 0 Å². The fourth-order valence-electron chi connectivity index (χ4n) is 2.06. The van der Waals surface area contributed by atoms with Crippen LogP contribution in [-0.4, -0.2) is 11.9 Å². The van der Waals surface area contributed by atoms with E-state index in [9.17, 15) is 4.79 Å². The third-order valence-electron chi connectivity index (χ3n) is 3.29. The van der Waals surface area contributed by atoms with Gasteiger partial charge in [-0.1, -0.05) is 40.2 Å². The number of nitrogens with zero attached hydrogens (tertiary/aromatic N) is 1. The molecule has 4 nitrogen and oxygen atoms in total. The normalized spacial score (nSPS) is 11.1. The summed E-state index contributed by atoms with van der Waals surface area (Å²) in [7, 11) is 0. The Bertz CT molecular complexity index is 788. The first-order valence-electron chi connectivity index (χ1n) is 7.88. The van der Waals surface area contributed by atoms with E-state index in [4.69, 9.17) is 10.00 Å². The maximum atomic E-state index is 11.9. The van der Waals surface area contributed by atoms with Crippen LogP contribution in [0.5, 0.6) is 5.75 Å². The largest absolute Gasteiger partial charge is 0.489 e. The number of amides is 1. The van der Waals surface area contributed by atoms with Gasteiger partial charge in [-0.25, -0.2) is 0 Å². The minimum absolute atomic E-state index is 0.0152. The van der Waals surface area contributed by atoms with Gasteiger partial charge in [0.1, 0.15) is 24.0 Å². The van der Waals surface area contributed by atoms with Crippen molar-refractivity contribution in [3.63, 3.8) is 0 Å². The quantitative estimate of drug-likeness (QED) is 0.576. The Kier molecular flexibility index (Phi) is 6.79. The zero-order valence-corrected chi connectivity index (χ0v) is 15.7. The van der Waals surface area contributed by atoms with Crippen LogP contribution in [0.4, 0.5) is 0 Å². The van der Waals surface area contributed by atoms with Crippen LogP contribution in [0.15, 0.2) is 58.6 Å². The summed E-state index contributed by atoms with van der Waals surface area (Å²) in [5, 5.41) is 11.9. The second-order valence-electron chi connectivity index (χ2n) is 5.78. The number of rotatable bonds is 6. The molecular formula is C20H19BrN2O2. The average molecular weight is 399 g/mol. The standard InChI is InChI=1S/C20H19BrN2O2/c1-14(2)23-20(24)17(12-22)11-15-5-9-19(10-6-15)25-13-16-3-7-18(21)8-4-16/h3-11,14H,13H2,1-2H3,(H,23,24)/b17-11-. The first kappa shape index (κ1) is 18.8. The molecule has 0 spiro atoms. The van der Waals surface area contributed by atoms with Gasteiger partial charge in [0.05, 0.1) is 0 Å². The lowest BCUT2D eigenvalue weighted by molar-refractivity contribution is -0.117. The van der Waals surface area contributed by atoms with E-state index in [-0.39, 0.29) is 17.5 Å². The zero-order valence-electron chi connectivity index (χ0n) is 14.1. The summed E-state index contributed by atoms with van der Waals surface area (Å²) in [6.45, 7) is 4.18. The lowest BCUT2D eigenvalue weighted by atomic mass is 10.1. The van der Waals surface area contributed by atoms with Crippen LogP contribution >= 0.6 is 15.9 Å². The van der Waals surface area contributed by atoms with Gasteiger partial charge in [0.15, 0.2) is 0 Å². The van der Waals surface area contributed by atoms with E-state index in [0.717, 1.165) is 21.3 Å². The van der Waals surface area contributed by atoms with Gasteiger partial charge >= 0.3 is 0 Å². The fourth-order valence-corrected chi connectivity index (χ4v) is 2.33. The maximum absolute atomic E-state index is 11.9. The molecule has 0 aliphatic carbocycles. The second-order valence-corrected chi connectivity index (χ2v) is 6.70. The number of hydrogen-bond donors (Lipinski definition) is 1. The first-order chi connectivity index (χ1) is 12.0. The third-order valence-corrected chi connectivity index (χ3v) is 3.82. The lowest BCUT2D eigenvalue weighted by Gasteiger charge is -2.08. The van der Waals surface area contributed by atoms with Crippen molar-refractivity contribution >= 4 is 27.9 Å². The van der Waals surface area contributed by atoms with E-state index in [0.29, 0.717) is 6.61 Å². The molecule has 0 saturated carbocycles. The highest BCUT2D eigenvalue weighted by Crippen LogP contribution is 2.17. The Hall–Kier alpha value is -2.58. The van der Waals surface area contributed by atoms with Crippen molar-refractivity contribution in [3.8, 4) is 11.8 Å². The van der Waals surface area contributed by atoms with E-state index in [1.807, 2.05) is 68.4 Å². The average Bonchev–Trinajstić information content (AvgIpc) is 2.59. The highest BCUT2D eigenvalue weighted by molar-refractivity contribution is 9.10. The van der Waals surface area contributed by atoms with Crippen molar-refractivity contribution in [2.45, 2.75) is 26.5 Å². The molecule has 5 heteroatoms. The molecule has 1 N–H and O–H groups in total. The third kappa shape index (κ3) is 6.09. The predicted molar refractivity (Wildman–Crippen MR) is 102 cm³/mol. The van der Waals surface area contributed by atoms with Crippen molar-refractivity contribution < 1.29 is 9.53 Å².